The molecule has 8 heavy (non-hydrogen) atoms. The first-order chi connectivity index (χ1) is 3.77. The summed E-state index contributed by atoms with van der Waals surface area (Å²) >= 11 is 0. The highest BCUT2D eigenvalue weighted by Gasteiger charge is 1.90. The second-order valence-electron chi connectivity index (χ2n) is 2.35. The molecule has 0 atom stereocenters. The van der Waals surface area contributed by atoms with Crippen LogP contribution in [-0.2, 0) is 0 Å². The Kier molecular flexibility index (Phi) is 4.73. The summed E-state index contributed by atoms with van der Waals surface area (Å²) in [5.41, 5.74) is 0. The van der Waals surface area contributed by atoms with Crippen molar-refractivity contribution in [2.45, 2.75) is 26.7 Å². The number of unbranched alkanes of at least 4 members (excludes halogenated alkanes) is 1. The summed E-state index contributed by atoms with van der Waals surface area (Å²) in [6.07, 6.45) is 6.57. The SMILES string of the molecule is C=CCC[CH]C(C)C. The van der Waals surface area contributed by atoms with E-state index in [1.54, 1.807) is 0 Å². The van der Waals surface area contributed by atoms with Crippen LogP contribution in [0, 0.1) is 12.3 Å². The van der Waals surface area contributed by atoms with Gasteiger partial charge in [0.05, 0.1) is 0 Å². The molecule has 0 aromatic carbocycles. The topological polar surface area (TPSA) is 0 Å². The van der Waals surface area contributed by atoms with Gasteiger partial charge in [-0.1, -0.05) is 19.9 Å². The summed E-state index contributed by atoms with van der Waals surface area (Å²) in [5.74, 6) is 0.731. The predicted molar refractivity (Wildman–Crippen MR) is 38.6 cm³/mol. The lowest BCUT2D eigenvalue weighted by atomic mass is 10.1. The fraction of sp³-hybridized carbons (Fsp3) is 0.625. The zero-order valence-electron chi connectivity index (χ0n) is 5.85. The van der Waals surface area contributed by atoms with Crippen molar-refractivity contribution >= 4 is 0 Å². The maximum atomic E-state index is 3.64. The molecule has 0 unspecified atom stereocenters. The van der Waals surface area contributed by atoms with Gasteiger partial charge in [0.15, 0.2) is 0 Å². The molecule has 0 saturated heterocycles. The molecule has 0 heteroatoms. The van der Waals surface area contributed by atoms with Crippen LogP contribution in [0.2, 0.25) is 0 Å². The third kappa shape index (κ3) is 5.74. The van der Waals surface area contributed by atoms with E-state index in [0.717, 1.165) is 12.3 Å². The predicted octanol–water partition coefficient (Wildman–Crippen LogP) is 2.81. The Bertz CT molecular complexity index is 53.1. The van der Waals surface area contributed by atoms with Crippen LogP contribution in [0.15, 0.2) is 12.7 Å². The Morgan fingerprint density at radius 1 is 1.38 bits per heavy atom. The maximum absolute atomic E-state index is 3.64. The molecule has 0 N–H and O–H groups in total. The highest BCUT2D eigenvalue weighted by molar-refractivity contribution is 4.75. The van der Waals surface area contributed by atoms with Gasteiger partial charge in [-0.15, -0.1) is 6.58 Å². The summed E-state index contributed by atoms with van der Waals surface area (Å²) < 4.78 is 0. The maximum Gasteiger partial charge on any atom is -0.0351 e. The van der Waals surface area contributed by atoms with E-state index in [-0.39, 0.29) is 0 Å². The van der Waals surface area contributed by atoms with Gasteiger partial charge >= 0.3 is 0 Å². The Balaban J connectivity index is 2.81. The van der Waals surface area contributed by atoms with Crippen molar-refractivity contribution < 1.29 is 0 Å². The van der Waals surface area contributed by atoms with Crippen LogP contribution < -0.4 is 0 Å². The minimum absolute atomic E-state index is 0.731. The summed E-state index contributed by atoms with van der Waals surface area (Å²) in [7, 11) is 0. The van der Waals surface area contributed by atoms with Gasteiger partial charge in [0.25, 0.3) is 0 Å². The third-order valence-electron chi connectivity index (χ3n) is 1.01. The van der Waals surface area contributed by atoms with Gasteiger partial charge in [0.2, 0.25) is 0 Å². The van der Waals surface area contributed by atoms with Crippen LogP contribution in [0.1, 0.15) is 26.7 Å². The van der Waals surface area contributed by atoms with E-state index in [0.29, 0.717) is 0 Å². The van der Waals surface area contributed by atoms with Gasteiger partial charge < -0.3 is 0 Å². The lowest BCUT2D eigenvalue weighted by Crippen LogP contribution is -1.85. The quantitative estimate of drug-likeness (QED) is 0.386. The van der Waals surface area contributed by atoms with Crippen molar-refractivity contribution in [1.29, 1.82) is 0 Å². The second kappa shape index (κ2) is 4.89. The Labute approximate surface area is 52.6 Å². The van der Waals surface area contributed by atoms with Gasteiger partial charge in [-0.2, -0.15) is 0 Å². The van der Waals surface area contributed by atoms with Crippen LogP contribution in [0.5, 0.6) is 0 Å². The monoisotopic (exact) mass is 111 g/mol. The van der Waals surface area contributed by atoms with Gasteiger partial charge in [0.1, 0.15) is 0 Å². The number of allylic oxidation sites excluding steroid dienone is 1. The Hall–Kier alpha value is -0.260. The van der Waals surface area contributed by atoms with Crippen molar-refractivity contribution in [1.82, 2.24) is 0 Å². The summed E-state index contributed by atoms with van der Waals surface area (Å²) in [6.45, 7) is 8.03. The normalized spacial score (nSPS) is 9.88. The standard InChI is InChI=1S/C8H15/c1-4-5-6-7-8(2)3/h4,7-8H,1,5-6H2,2-3H3. The zero-order chi connectivity index (χ0) is 6.41. The lowest BCUT2D eigenvalue weighted by molar-refractivity contribution is 0.706. The summed E-state index contributed by atoms with van der Waals surface area (Å²) in [5, 5.41) is 0. The van der Waals surface area contributed by atoms with E-state index in [1.165, 1.54) is 6.42 Å². The molecule has 0 fully saturated rings. The molecule has 47 valence electrons. The first-order valence-corrected chi connectivity index (χ1v) is 3.21. The van der Waals surface area contributed by atoms with Crippen LogP contribution in [-0.4, -0.2) is 0 Å². The molecule has 0 aliphatic carbocycles. The van der Waals surface area contributed by atoms with Crippen molar-refractivity contribution in [3.8, 4) is 0 Å². The van der Waals surface area contributed by atoms with Crippen molar-refractivity contribution in [3.63, 3.8) is 0 Å². The molecule has 1 radical (unpaired) electrons. The zero-order valence-corrected chi connectivity index (χ0v) is 5.85. The van der Waals surface area contributed by atoms with Crippen molar-refractivity contribution in [2.75, 3.05) is 0 Å². The van der Waals surface area contributed by atoms with Gasteiger partial charge in [-0.3, -0.25) is 0 Å². The van der Waals surface area contributed by atoms with Crippen molar-refractivity contribution in [2.24, 2.45) is 5.92 Å². The summed E-state index contributed by atoms with van der Waals surface area (Å²) in [4.78, 5) is 0. The van der Waals surface area contributed by atoms with E-state index in [9.17, 15) is 0 Å². The van der Waals surface area contributed by atoms with E-state index >= 15 is 0 Å². The minimum Gasteiger partial charge on any atom is -0.103 e. The fourth-order valence-corrected chi connectivity index (χ4v) is 0.547. The van der Waals surface area contributed by atoms with Crippen LogP contribution in [0.4, 0.5) is 0 Å². The average Bonchev–Trinajstić information content (AvgIpc) is 1.66. The molecule has 0 spiro atoms. The molecule has 0 amide bonds. The number of hydrogen-bond acceptors (Lipinski definition) is 0. The van der Waals surface area contributed by atoms with E-state index in [1.807, 2.05) is 6.08 Å². The largest absolute Gasteiger partial charge is 0.103 e. The number of rotatable bonds is 4. The van der Waals surface area contributed by atoms with Crippen LogP contribution in [0.3, 0.4) is 0 Å². The third-order valence-corrected chi connectivity index (χ3v) is 1.01. The summed E-state index contributed by atoms with van der Waals surface area (Å²) in [6, 6.07) is 0. The molecule has 0 saturated carbocycles. The molecule has 0 aliphatic rings. The minimum atomic E-state index is 0.731. The molecule has 0 heterocycles. The van der Waals surface area contributed by atoms with E-state index in [2.05, 4.69) is 26.8 Å². The molecule has 0 rings (SSSR count). The molecular formula is C8H15. The number of hydrogen-bond donors (Lipinski definition) is 0. The molecule has 0 aromatic rings. The lowest BCUT2D eigenvalue weighted by Gasteiger charge is -1.98. The molecule has 0 nitrogen and oxygen atoms in total. The van der Waals surface area contributed by atoms with Gasteiger partial charge in [-0.25, -0.2) is 0 Å². The second-order valence-corrected chi connectivity index (χ2v) is 2.35. The molecule has 0 bridgehead atoms. The Morgan fingerprint density at radius 2 is 2.00 bits per heavy atom. The van der Waals surface area contributed by atoms with Gasteiger partial charge in [0, 0.05) is 0 Å². The highest BCUT2D eigenvalue weighted by Crippen LogP contribution is 2.03. The van der Waals surface area contributed by atoms with E-state index in [4.69, 9.17) is 0 Å². The van der Waals surface area contributed by atoms with Crippen LogP contribution >= 0.6 is 0 Å². The van der Waals surface area contributed by atoms with E-state index < -0.39 is 0 Å². The average molecular weight is 111 g/mol. The highest BCUT2D eigenvalue weighted by atomic mass is 14.0. The fourth-order valence-electron chi connectivity index (χ4n) is 0.547. The van der Waals surface area contributed by atoms with Crippen molar-refractivity contribution in [3.05, 3.63) is 19.1 Å². The smallest absolute Gasteiger partial charge is 0.0351 e. The first kappa shape index (κ1) is 7.74. The molecule has 0 aliphatic heterocycles. The van der Waals surface area contributed by atoms with Crippen LogP contribution in [0.25, 0.3) is 0 Å². The Morgan fingerprint density at radius 3 is 2.38 bits per heavy atom. The first-order valence-electron chi connectivity index (χ1n) is 3.21. The van der Waals surface area contributed by atoms with Gasteiger partial charge in [-0.05, 0) is 25.2 Å². The molecular weight excluding hydrogens is 96.1 g/mol. The molecule has 0 aromatic heterocycles.